The Labute approximate surface area is 121 Å². The van der Waals surface area contributed by atoms with E-state index in [1.54, 1.807) is 12.1 Å². The third-order valence-corrected chi connectivity index (χ3v) is 4.19. The van der Waals surface area contributed by atoms with Gasteiger partial charge in [-0.3, -0.25) is 4.72 Å². The number of hydrogen-bond donors (Lipinski definition) is 2. The fourth-order valence-corrected chi connectivity index (χ4v) is 2.80. The maximum absolute atomic E-state index is 13.5. The Bertz CT molecular complexity index is 730. The van der Waals surface area contributed by atoms with Gasteiger partial charge in [-0.05, 0) is 36.2 Å². The van der Waals surface area contributed by atoms with Crippen molar-refractivity contribution in [2.24, 2.45) is 0 Å². The van der Waals surface area contributed by atoms with Gasteiger partial charge in [0.15, 0.2) is 0 Å². The van der Waals surface area contributed by atoms with Crippen LogP contribution in [0.2, 0.25) is 0 Å². The Hall–Kier alpha value is -1.99. The second-order valence-corrected chi connectivity index (χ2v) is 6.03. The number of sulfonamides is 1. The van der Waals surface area contributed by atoms with E-state index in [1.807, 2.05) is 4.72 Å². The van der Waals surface area contributed by atoms with Gasteiger partial charge in [-0.15, -0.1) is 0 Å². The molecule has 0 amide bonds. The topological polar surface area (TPSA) is 66.4 Å². The van der Waals surface area contributed by atoms with Gasteiger partial charge in [-0.1, -0.05) is 12.1 Å². The highest BCUT2D eigenvalue weighted by molar-refractivity contribution is 7.92. The van der Waals surface area contributed by atoms with Crippen LogP contribution in [-0.2, 0) is 16.4 Å². The molecule has 2 aromatic rings. The van der Waals surface area contributed by atoms with Crippen molar-refractivity contribution >= 4 is 15.7 Å². The van der Waals surface area contributed by atoms with Crippen LogP contribution in [0.3, 0.4) is 0 Å². The second kappa shape index (κ2) is 6.19. The monoisotopic (exact) mass is 313 g/mol. The van der Waals surface area contributed by atoms with E-state index in [2.05, 4.69) is 0 Å². The Morgan fingerprint density at radius 1 is 1.05 bits per heavy atom. The number of nitrogens with one attached hydrogen (secondary N) is 1. The van der Waals surface area contributed by atoms with E-state index in [4.69, 9.17) is 5.11 Å². The zero-order valence-corrected chi connectivity index (χ0v) is 11.7. The van der Waals surface area contributed by atoms with E-state index in [0.29, 0.717) is 6.42 Å². The highest BCUT2D eigenvalue weighted by Crippen LogP contribution is 2.20. The lowest BCUT2D eigenvalue weighted by molar-refractivity contribution is 0.299. The van der Waals surface area contributed by atoms with Crippen LogP contribution in [0.5, 0.6) is 0 Å². The molecule has 2 N–H and O–H groups in total. The summed E-state index contributed by atoms with van der Waals surface area (Å²) in [5.41, 5.74) is 0.322. The molecular formula is C14H13F2NO3S. The molecule has 0 atom stereocenters. The molecule has 2 rings (SSSR count). The molecule has 21 heavy (non-hydrogen) atoms. The van der Waals surface area contributed by atoms with Crippen LogP contribution < -0.4 is 4.72 Å². The highest BCUT2D eigenvalue weighted by atomic mass is 32.2. The Balaban J connectivity index is 2.27. The number of anilines is 1. The van der Waals surface area contributed by atoms with Crippen molar-refractivity contribution < 1.29 is 22.3 Å². The smallest absolute Gasteiger partial charge is 0.261 e. The van der Waals surface area contributed by atoms with Gasteiger partial charge >= 0.3 is 0 Å². The molecule has 0 radical (unpaired) electrons. The summed E-state index contributed by atoms with van der Waals surface area (Å²) in [6, 6.07) is 8.29. The van der Waals surface area contributed by atoms with E-state index in [1.165, 1.54) is 12.1 Å². The van der Waals surface area contributed by atoms with Gasteiger partial charge in [0.1, 0.15) is 11.6 Å². The third-order valence-electron chi connectivity index (χ3n) is 2.81. The zero-order valence-electron chi connectivity index (χ0n) is 10.9. The number of hydrogen-bond acceptors (Lipinski definition) is 3. The van der Waals surface area contributed by atoms with Crippen molar-refractivity contribution in [2.75, 3.05) is 11.3 Å². The van der Waals surface area contributed by atoms with Crippen LogP contribution in [0.4, 0.5) is 14.5 Å². The average molecular weight is 313 g/mol. The molecule has 0 aliphatic carbocycles. The molecular weight excluding hydrogens is 300 g/mol. The van der Waals surface area contributed by atoms with E-state index < -0.39 is 27.3 Å². The van der Waals surface area contributed by atoms with E-state index in [0.717, 1.165) is 23.8 Å². The minimum absolute atomic E-state index is 0.0428. The van der Waals surface area contributed by atoms with Gasteiger partial charge in [0, 0.05) is 12.7 Å². The molecule has 0 saturated heterocycles. The normalized spacial score (nSPS) is 11.4. The largest absolute Gasteiger partial charge is 0.396 e. The maximum atomic E-state index is 13.5. The van der Waals surface area contributed by atoms with Crippen LogP contribution in [0.1, 0.15) is 5.56 Å². The molecule has 0 bridgehead atoms. The van der Waals surface area contributed by atoms with E-state index >= 15 is 0 Å². The first kappa shape index (κ1) is 15.4. The van der Waals surface area contributed by atoms with Crippen molar-refractivity contribution in [2.45, 2.75) is 11.3 Å². The van der Waals surface area contributed by atoms with Crippen molar-refractivity contribution in [1.82, 2.24) is 0 Å². The standard InChI is InChI=1S/C14H13F2NO3S/c15-11-3-6-13(16)14(9-11)17-21(19,20)12-4-1-10(2-5-12)7-8-18/h1-6,9,17-18H,7-8H2. The number of rotatable bonds is 5. The van der Waals surface area contributed by atoms with Crippen LogP contribution >= 0.6 is 0 Å². The van der Waals surface area contributed by atoms with Crippen molar-refractivity contribution in [3.8, 4) is 0 Å². The predicted molar refractivity (Wildman–Crippen MR) is 74.4 cm³/mol. The molecule has 112 valence electrons. The number of aliphatic hydroxyl groups is 1. The molecule has 0 spiro atoms. The first-order valence-corrected chi connectivity index (χ1v) is 7.58. The van der Waals surface area contributed by atoms with E-state index in [-0.39, 0.29) is 11.5 Å². The predicted octanol–water partition coefficient (Wildman–Crippen LogP) is 2.30. The minimum Gasteiger partial charge on any atom is -0.396 e. The zero-order chi connectivity index (χ0) is 15.5. The van der Waals surface area contributed by atoms with Crippen molar-refractivity contribution in [1.29, 1.82) is 0 Å². The number of halogens is 2. The lowest BCUT2D eigenvalue weighted by Gasteiger charge is -2.09. The maximum Gasteiger partial charge on any atom is 0.261 e. The molecule has 0 unspecified atom stereocenters. The first-order valence-electron chi connectivity index (χ1n) is 6.10. The summed E-state index contributed by atoms with van der Waals surface area (Å²) in [4.78, 5) is -0.0761. The molecule has 0 aliphatic rings. The van der Waals surface area contributed by atoms with E-state index in [9.17, 15) is 17.2 Å². The van der Waals surface area contributed by atoms with Gasteiger partial charge in [-0.25, -0.2) is 17.2 Å². The molecule has 0 aliphatic heterocycles. The number of aliphatic hydroxyl groups excluding tert-OH is 1. The molecule has 0 heterocycles. The minimum atomic E-state index is -4.00. The van der Waals surface area contributed by atoms with Crippen LogP contribution in [-0.4, -0.2) is 20.1 Å². The average Bonchev–Trinajstić information content (AvgIpc) is 2.44. The summed E-state index contributed by atoms with van der Waals surface area (Å²) in [6.45, 7) is -0.0428. The van der Waals surface area contributed by atoms with Crippen LogP contribution in [0, 0.1) is 11.6 Å². The summed E-state index contributed by atoms with van der Waals surface area (Å²) >= 11 is 0. The second-order valence-electron chi connectivity index (χ2n) is 4.35. The summed E-state index contributed by atoms with van der Waals surface area (Å²) in [5.74, 6) is -1.61. The summed E-state index contributed by atoms with van der Waals surface area (Å²) < 4.78 is 52.7. The molecule has 2 aromatic carbocycles. The molecule has 4 nitrogen and oxygen atoms in total. The molecule has 0 saturated carbocycles. The first-order chi connectivity index (χ1) is 9.92. The SMILES string of the molecule is O=S(=O)(Nc1cc(F)ccc1F)c1ccc(CCO)cc1. The molecule has 7 heteroatoms. The number of benzene rings is 2. The quantitative estimate of drug-likeness (QED) is 0.890. The Kier molecular flexibility index (Phi) is 4.54. The highest BCUT2D eigenvalue weighted by Gasteiger charge is 2.16. The molecule has 0 aromatic heterocycles. The van der Waals surface area contributed by atoms with Gasteiger partial charge < -0.3 is 5.11 Å². The van der Waals surface area contributed by atoms with Crippen molar-refractivity contribution in [3.63, 3.8) is 0 Å². The Morgan fingerprint density at radius 2 is 1.71 bits per heavy atom. The fraction of sp³-hybridized carbons (Fsp3) is 0.143. The van der Waals surface area contributed by atoms with Gasteiger partial charge in [0.2, 0.25) is 0 Å². The Morgan fingerprint density at radius 3 is 2.33 bits per heavy atom. The fourth-order valence-electron chi connectivity index (χ4n) is 1.74. The van der Waals surface area contributed by atoms with Crippen molar-refractivity contribution in [3.05, 3.63) is 59.7 Å². The van der Waals surface area contributed by atoms with Crippen LogP contribution in [0.25, 0.3) is 0 Å². The lowest BCUT2D eigenvalue weighted by atomic mass is 10.2. The van der Waals surface area contributed by atoms with Gasteiger partial charge in [0.05, 0.1) is 10.6 Å². The van der Waals surface area contributed by atoms with Gasteiger partial charge in [0.25, 0.3) is 10.0 Å². The summed E-state index contributed by atoms with van der Waals surface area (Å²) in [7, 11) is -4.00. The van der Waals surface area contributed by atoms with Gasteiger partial charge in [-0.2, -0.15) is 0 Å². The molecule has 0 fully saturated rings. The van der Waals surface area contributed by atoms with Crippen LogP contribution in [0.15, 0.2) is 47.4 Å². The summed E-state index contributed by atoms with van der Waals surface area (Å²) in [5, 5.41) is 8.79. The lowest BCUT2D eigenvalue weighted by Crippen LogP contribution is -2.14. The summed E-state index contributed by atoms with van der Waals surface area (Å²) in [6.07, 6.45) is 0.409. The third kappa shape index (κ3) is 3.77.